The van der Waals surface area contributed by atoms with Crippen LogP contribution < -0.4 is 32.1 Å². The van der Waals surface area contributed by atoms with Crippen molar-refractivity contribution in [1.29, 1.82) is 0 Å². The summed E-state index contributed by atoms with van der Waals surface area (Å²) in [5.41, 5.74) is 0.824. The molecule has 7 amide bonds. The maximum absolute atomic E-state index is 15.4. The largest absolute Gasteiger partial charge is 0.458 e. The molecule has 0 fully saturated rings. The number of fused-ring (bicyclic) bond motifs is 5. The number of ether oxygens (including phenoxy) is 10. The van der Waals surface area contributed by atoms with Crippen LogP contribution in [-0.2, 0) is 111 Å². The van der Waals surface area contributed by atoms with Gasteiger partial charge < -0.3 is 88.7 Å². The fraction of sp³-hybridized carbons (Fsp3) is 0.600. The van der Waals surface area contributed by atoms with Crippen molar-refractivity contribution in [2.24, 2.45) is 0 Å². The highest BCUT2D eigenvalue weighted by molar-refractivity contribution is 6.15. The lowest BCUT2D eigenvalue weighted by Gasteiger charge is -2.31. The molecule has 30 heteroatoms. The Balaban J connectivity index is 0.774. The molecule has 0 spiro atoms. The van der Waals surface area contributed by atoms with E-state index in [2.05, 4.69) is 26.6 Å². The Hall–Kier alpha value is -7.23. The van der Waals surface area contributed by atoms with E-state index in [0.29, 0.717) is 136 Å². The Labute approximate surface area is 518 Å². The fourth-order valence-electron chi connectivity index (χ4n) is 10.5. The average molecular weight is 1270 g/mol. The van der Waals surface area contributed by atoms with Gasteiger partial charge in [0.2, 0.25) is 29.5 Å². The van der Waals surface area contributed by atoms with E-state index in [0.717, 1.165) is 12.2 Å². The minimum absolute atomic E-state index is 0.00771. The van der Waals surface area contributed by atoms with Gasteiger partial charge in [0.05, 0.1) is 141 Å². The lowest BCUT2D eigenvalue weighted by molar-refractivity contribution is -0.172. The number of nitrogens with one attached hydrogen (secondary N) is 5. The second kappa shape index (κ2) is 34.3. The highest BCUT2D eigenvalue weighted by Gasteiger charge is 2.46. The summed E-state index contributed by atoms with van der Waals surface area (Å²) in [7, 11) is 1.61. The van der Waals surface area contributed by atoms with Crippen molar-refractivity contribution < 1.29 is 100 Å². The minimum atomic E-state index is -2.07. The number of nitrogens with zero attached hydrogens (tertiary/aromatic N) is 3. The molecule has 0 saturated carbocycles. The lowest BCUT2D eigenvalue weighted by atomic mass is 9.81. The molecule has 90 heavy (non-hydrogen) atoms. The number of cyclic esters (lactones) is 1. The molecule has 3 aromatic rings. The van der Waals surface area contributed by atoms with Gasteiger partial charge in [0.15, 0.2) is 5.60 Å². The van der Waals surface area contributed by atoms with E-state index < -0.39 is 108 Å². The third-order valence-electron chi connectivity index (χ3n) is 15.5. The van der Waals surface area contributed by atoms with Crippen molar-refractivity contribution in [3.05, 3.63) is 73.8 Å². The highest BCUT2D eigenvalue weighted by atomic mass is 19.1. The van der Waals surface area contributed by atoms with E-state index in [-0.39, 0.29) is 75.5 Å². The number of benzene rings is 1. The zero-order chi connectivity index (χ0) is 64.9. The highest BCUT2D eigenvalue weighted by Crippen LogP contribution is 2.46. The summed E-state index contributed by atoms with van der Waals surface area (Å²) in [6.45, 7) is 10.1. The Morgan fingerprint density at radius 3 is 1.89 bits per heavy atom. The van der Waals surface area contributed by atoms with Crippen LogP contribution in [0.2, 0.25) is 0 Å². The van der Waals surface area contributed by atoms with Gasteiger partial charge in [-0.3, -0.25) is 43.3 Å². The van der Waals surface area contributed by atoms with Gasteiger partial charge in [0, 0.05) is 61.2 Å². The van der Waals surface area contributed by atoms with Gasteiger partial charge in [0.25, 0.3) is 17.4 Å². The molecular weight excluding hydrogens is 1190 g/mol. The minimum Gasteiger partial charge on any atom is -0.458 e. The third kappa shape index (κ3) is 18.0. The van der Waals surface area contributed by atoms with Crippen molar-refractivity contribution in [3.8, 4) is 11.4 Å². The topological polar surface area (TPSA) is 368 Å². The maximum Gasteiger partial charge on any atom is 0.343 e. The zero-order valence-electron chi connectivity index (χ0n) is 51.2. The quantitative estimate of drug-likeness (QED) is 0.0122. The van der Waals surface area contributed by atoms with Crippen LogP contribution >= 0.6 is 0 Å². The van der Waals surface area contributed by atoms with E-state index in [4.69, 9.17) is 52.4 Å². The SMILES string of the molecule is CC[C@@]1(O)C(=O)OCc2c1cc1n(c2=O)Cc2c-1nc1cc(F)c(C)c3c1c2[C@@H](NC(=O)[C@H](O)CCOCNC(=O)[C@H](C)NC(=O)[C@H](C)NC(=O)[C@H](CNC(=O)CCOCCOCCOCCOCCOCCOCCOCCOC)N1C(=O)C=CC1=O)CC3. The maximum atomic E-state index is 15.4. The summed E-state index contributed by atoms with van der Waals surface area (Å²) < 4.78 is 70.5. The van der Waals surface area contributed by atoms with Gasteiger partial charge >= 0.3 is 5.97 Å². The van der Waals surface area contributed by atoms with Crippen molar-refractivity contribution in [1.82, 2.24) is 41.0 Å². The molecule has 1 aliphatic carbocycles. The summed E-state index contributed by atoms with van der Waals surface area (Å²) in [5, 5.41) is 35.8. The number of aliphatic hydroxyl groups is 2. The summed E-state index contributed by atoms with van der Waals surface area (Å²) in [6, 6.07) is -1.92. The molecule has 0 saturated heterocycles. The van der Waals surface area contributed by atoms with Gasteiger partial charge in [-0.1, -0.05) is 6.92 Å². The van der Waals surface area contributed by atoms with E-state index >= 15 is 4.39 Å². The number of carbonyl (C=O) groups excluding carboxylic acids is 8. The second-order valence-corrected chi connectivity index (χ2v) is 21.5. The normalized spacial score (nSPS) is 17.7. The number of imide groups is 1. The second-order valence-electron chi connectivity index (χ2n) is 21.5. The molecular formula is C60H81FN8O21. The van der Waals surface area contributed by atoms with Gasteiger partial charge in [-0.2, -0.15) is 0 Å². The summed E-state index contributed by atoms with van der Waals surface area (Å²) in [5.74, 6) is -6.78. The number of amides is 7. The number of aromatic nitrogens is 2. The monoisotopic (exact) mass is 1270 g/mol. The van der Waals surface area contributed by atoms with Crippen molar-refractivity contribution in [2.45, 2.75) is 109 Å². The first-order valence-corrected chi connectivity index (χ1v) is 29.9. The molecule has 0 bridgehead atoms. The number of hydrogen-bond donors (Lipinski definition) is 7. The third-order valence-corrected chi connectivity index (χ3v) is 15.5. The van der Waals surface area contributed by atoms with Crippen LogP contribution in [0.4, 0.5) is 4.39 Å². The van der Waals surface area contributed by atoms with Crippen LogP contribution in [0, 0.1) is 12.7 Å². The van der Waals surface area contributed by atoms with E-state index in [9.17, 15) is 53.4 Å². The van der Waals surface area contributed by atoms with Crippen LogP contribution in [-0.4, -0.2) is 222 Å². The Bertz CT molecular complexity index is 3140. The Morgan fingerprint density at radius 1 is 0.733 bits per heavy atom. The zero-order valence-corrected chi connectivity index (χ0v) is 51.2. The molecule has 7 rings (SSSR count). The van der Waals surface area contributed by atoms with Crippen LogP contribution in [0.5, 0.6) is 0 Å². The molecule has 494 valence electrons. The standard InChI is InChI=1S/C60H81FN8O21/c1-6-60(80)41-29-45-53-39(32-68(45)58(78)40(41)33-90-59(60)79)52-43(8-7-38-35(2)42(61)30-44(66-53)51(38)52)67-57(77)47(70)11-13-89-34-63-54(74)36(3)64-55(75)37(4)65-56(76)46(69-49(72)9-10-50(69)73)31-62-48(71)12-14-82-17-18-84-21-22-86-25-26-88-28-27-87-24-23-85-20-19-83-16-15-81-5/h9-10,29-30,36-37,43,46-47,70,80H,6-8,11-28,31-34H2,1-5H3,(H,62,71)(H,63,74)(H,64,75)(H,65,76)(H,67,77)/t36-,37-,43-,46-,47+,60-/m0/s1. The number of aliphatic hydroxyl groups excluding tert-OH is 1. The molecule has 7 N–H and O–H groups in total. The number of aryl methyl sites for hydroxylation is 1. The molecule has 4 aliphatic rings. The Kier molecular flexibility index (Phi) is 26.7. The van der Waals surface area contributed by atoms with E-state index in [1.165, 1.54) is 24.5 Å². The first kappa shape index (κ1) is 70.2. The molecule has 5 heterocycles. The molecule has 1 aromatic carbocycles. The first-order valence-electron chi connectivity index (χ1n) is 29.9. The van der Waals surface area contributed by atoms with Crippen LogP contribution in [0.1, 0.15) is 85.9 Å². The summed E-state index contributed by atoms with van der Waals surface area (Å²) in [6.07, 6.45) is 0.591. The van der Waals surface area contributed by atoms with Crippen LogP contribution in [0.15, 0.2) is 29.1 Å². The smallest absolute Gasteiger partial charge is 0.343 e. The number of rotatable bonds is 40. The molecule has 29 nitrogen and oxygen atoms in total. The number of hydrogen-bond acceptors (Lipinski definition) is 22. The van der Waals surface area contributed by atoms with Gasteiger partial charge in [0.1, 0.15) is 43.4 Å². The van der Waals surface area contributed by atoms with Crippen molar-refractivity contribution in [3.63, 3.8) is 0 Å². The number of carbonyl (C=O) groups is 8. The number of halogens is 1. The molecule has 0 radical (unpaired) electrons. The van der Waals surface area contributed by atoms with Gasteiger partial charge in [-0.25, -0.2) is 14.2 Å². The number of pyridine rings is 2. The molecule has 6 atom stereocenters. The average Bonchev–Trinajstić information content (AvgIpc) is 1.47. The molecule has 0 unspecified atom stereocenters. The van der Waals surface area contributed by atoms with Crippen LogP contribution in [0.3, 0.4) is 0 Å². The molecule has 3 aliphatic heterocycles. The Morgan fingerprint density at radius 2 is 1.30 bits per heavy atom. The van der Waals surface area contributed by atoms with Crippen molar-refractivity contribution >= 4 is 58.2 Å². The van der Waals surface area contributed by atoms with E-state index in [1.807, 2.05) is 0 Å². The summed E-state index contributed by atoms with van der Waals surface area (Å²) >= 11 is 0. The predicted octanol–water partition coefficient (Wildman–Crippen LogP) is -0.956. The van der Waals surface area contributed by atoms with Gasteiger partial charge in [-0.05, 0) is 62.8 Å². The van der Waals surface area contributed by atoms with Crippen LogP contribution in [0.25, 0.3) is 22.3 Å². The van der Waals surface area contributed by atoms with Gasteiger partial charge in [-0.15, -0.1) is 0 Å². The summed E-state index contributed by atoms with van der Waals surface area (Å²) in [4.78, 5) is 124. The number of esters is 1. The van der Waals surface area contributed by atoms with E-state index in [1.54, 1.807) is 27.0 Å². The number of methoxy groups -OCH3 is 1. The lowest BCUT2D eigenvalue weighted by Crippen LogP contribution is -2.58. The molecule has 2 aromatic heterocycles. The first-order chi connectivity index (χ1) is 43.3. The van der Waals surface area contributed by atoms with Crippen molar-refractivity contribution in [2.75, 3.05) is 126 Å². The predicted molar refractivity (Wildman–Crippen MR) is 313 cm³/mol. The fourth-order valence-corrected chi connectivity index (χ4v) is 10.5.